The Morgan fingerprint density at radius 2 is 2.24 bits per heavy atom. The Morgan fingerprint density at radius 3 is 2.86 bits per heavy atom. The van der Waals surface area contributed by atoms with Gasteiger partial charge in [-0.25, -0.2) is 4.79 Å². The fourth-order valence-electron chi connectivity index (χ4n) is 2.27. The van der Waals surface area contributed by atoms with Gasteiger partial charge in [0.2, 0.25) is 5.91 Å². The molecule has 0 saturated heterocycles. The van der Waals surface area contributed by atoms with Gasteiger partial charge in [0.25, 0.3) is 0 Å². The minimum Gasteiger partial charge on any atom is -0.534 e. The molecule has 0 bridgehead atoms. The van der Waals surface area contributed by atoms with Crippen LogP contribution >= 0.6 is 11.6 Å². The maximum Gasteiger partial charge on any atom is 0.547 e. The summed E-state index contributed by atoms with van der Waals surface area (Å²) in [6, 6.07) is 2.85. The second kappa shape index (κ2) is 6.36. The van der Waals surface area contributed by atoms with Crippen LogP contribution in [0.4, 0.5) is 0 Å². The van der Waals surface area contributed by atoms with Crippen LogP contribution in [0.3, 0.4) is 0 Å². The van der Waals surface area contributed by atoms with Gasteiger partial charge in [-0.3, -0.25) is 4.79 Å². The van der Waals surface area contributed by atoms with Crippen molar-refractivity contribution in [2.45, 2.75) is 32.1 Å². The number of benzene rings is 1. The van der Waals surface area contributed by atoms with E-state index in [2.05, 4.69) is 5.32 Å². The second-order valence-electron chi connectivity index (χ2n) is 4.88. The SMILES string of the molecule is CCCC(=O)N[C@H]1Cc2cc(Cl)cc(C(=O)O)c2OB1O. The van der Waals surface area contributed by atoms with Gasteiger partial charge >= 0.3 is 13.1 Å². The van der Waals surface area contributed by atoms with E-state index in [1.165, 1.54) is 6.07 Å². The number of carbonyl (C=O) groups is 2. The van der Waals surface area contributed by atoms with Crippen LogP contribution in [-0.4, -0.2) is 35.1 Å². The molecule has 1 aromatic rings. The lowest BCUT2D eigenvalue weighted by Gasteiger charge is -2.29. The normalized spacial score (nSPS) is 16.9. The average molecular weight is 312 g/mol. The van der Waals surface area contributed by atoms with E-state index in [1.807, 2.05) is 6.92 Å². The fraction of sp³-hybridized carbons (Fsp3) is 0.385. The maximum atomic E-state index is 11.6. The first-order chi connectivity index (χ1) is 9.92. The van der Waals surface area contributed by atoms with Crippen LogP contribution in [0.5, 0.6) is 5.75 Å². The summed E-state index contributed by atoms with van der Waals surface area (Å²) in [5, 5.41) is 22.0. The van der Waals surface area contributed by atoms with E-state index < -0.39 is 19.0 Å². The molecule has 0 aliphatic carbocycles. The van der Waals surface area contributed by atoms with Gasteiger partial charge in [-0.2, -0.15) is 0 Å². The molecule has 1 amide bonds. The van der Waals surface area contributed by atoms with Crippen molar-refractivity contribution >= 4 is 30.6 Å². The number of hydrogen-bond donors (Lipinski definition) is 3. The quantitative estimate of drug-likeness (QED) is 0.728. The zero-order valence-corrected chi connectivity index (χ0v) is 12.2. The van der Waals surface area contributed by atoms with E-state index in [4.69, 9.17) is 21.4 Å². The Kier molecular flexibility index (Phi) is 4.75. The van der Waals surface area contributed by atoms with Gasteiger partial charge in [-0.15, -0.1) is 0 Å². The number of carbonyl (C=O) groups excluding carboxylic acids is 1. The van der Waals surface area contributed by atoms with E-state index in [9.17, 15) is 14.6 Å². The van der Waals surface area contributed by atoms with Gasteiger partial charge in [0.05, 0.1) is 5.94 Å². The highest BCUT2D eigenvalue weighted by Gasteiger charge is 2.37. The lowest BCUT2D eigenvalue weighted by molar-refractivity contribution is -0.121. The standard InChI is InChI=1S/C13H15BClNO5/c1-2-3-11(17)16-10-5-7-4-8(15)6-9(13(18)19)12(7)21-14(10)20/h4,6,10,20H,2-3,5H2,1H3,(H,16,17)(H,18,19)/t10-/m0/s1. The summed E-state index contributed by atoms with van der Waals surface area (Å²) < 4.78 is 5.27. The number of halogens is 1. The summed E-state index contributed by atoms with van der Waals surface area (Å²) in [5.74, 6) is -1.90. The summed E-state index contributed by atoms with van der Waals surface area (Å²) in [7, 11) is -1.29. The van der Waals surface area contributed by atoms with Crippen molar-refractivity contribution in [1.82, 2.24) is 5.32 Å². The number of hydrogen-bond acceptors (Lipinski definition) is 4. The van der Waals surface area contributed by atoms with Gasteiger partial charge in [-0.05, 0) is 30.5 Å². The molecule has 0 fully saturated rings. The summed E-state index contributed by atoms with van der Waals surface area (Å²) in [5.41, 5.74) is 0.446. The van der Waals surface area contributed by atoms with Crippen LogP contribution in [0.15, 0.2) is 12.1 Å². The number of carboxylic acids is 1. The maximum absolute atomic E-state index is 11.6. The first-order valence-corrected chi connectivity index (χ1v) is 7.00. The van der Waals surface area contributed by atoms with Gasteiger partial charge in [-0.1, -0.05) is 18.5 Å². The molecular weight excluding hydrogens is 296 g/mol. The van der Waals surface area contributed by atoms with Gasteiger partial charge in [0.1, 0.15) is 11.3 Å². The van der Waals surface area contributed by atoms with Crippen molar-refractivity contribution in [3.05, 3.63) is 28.3 Å². The third kappa shape index (κ3) is 3.48. The second-order valence-corrected chi connectivity index (χ2v) is 5.32. The highest BCUT2D eigenvalue weighted by atomic mass is 35.5. The minimum atomic E-state index is -1.29. The lowest BCUT2D eigenvalue weighted by atomic mass is 9.72. The number of aromatic carboxylic acids is 1. The van der Waals surface area contributed by atoms with Crippen molar-refractivity contribution in [3.63, 3.8) is 0 Å². The Labute approximate surface area is 127 Å². The number of nitrogens with one attached hydrogen (secondary N) is 1. The molecule has 2 rings (SSSR count). The number of amides is 1. The largest absolute Gasteiger partial charge is 0.547 e. The first-order valence-electron chi connectivity index (χ1n) is 6.62. The van der Waals surface area contributed by atoms with Crippen LogP contribution in [0.25, 0.3) is 0 Å². The van der Waals surface area contributed by atoms with E-state index in [-0.39, 0.29) is 28.7 Å². The Balaban J connectivity index is 2.26. The van der Waals surface area contributed by atoms with Gasteiger partial charge in [0, 0.05) is 11.4 Å². The number of rotatable bonds is 4. The highest BCUT2D eigenvalue weighted by molar-refractivity contribution is 6.47. The Morgan fingerprint density at radius 1 is 1.52 bits per heavy atom. The van der Waals surface area contributed by atoms with Crippen molar-refractivity contribution < 1.29 is 24.4 Å². The van der Waals surface area contributed by atoms with E-state index in [1.54, 1.807) is 6.07 Å². The van der Waals surface area contributed by atoms with E-state index in [0.29, 0.717) is 18.4 Å². The summed E-state index contributed by atoms with van der Waals surface area (Å²) in [6.45, 7) is 1.88. The molecule has 1 aromatic carbocycles. The number of carboxylic acid groups (broad SMARTS) is 1. The molecule has 6 nitrogen and oxygen atoms in total. The molecule has 1 heterocycles. The van der Waals surface area contributed by atoms with Gasteiger partial charge < -0.3 is 20.1 Å². The predicted octanol–water partition coefficient (Wildman–Crippen LogP) is 1.28. The molecule has 0 unspecified atom stereocenters. The first kappa shape index (κ1) is 15.7. The Hall–Kier alpha value is -1.73. The topological polar surface area (TPSA) is 95.9 Å². The molecule has 3 N–H and O–H groups in total. The van der Waals surface area contributed by atoms with Crippen molar-refractivity contribution in [2.24, 2.45) is 0 Å². The third-order valence-electron chi connectivity index (χ3n) is 3.21. The van der Waals surface area contributed by atoms with E-state index >= 15 is 0 Å². The summed E-state index contributed by atoms with van der Waals surface area (Å²) in [4.78, 5) is 22.8. The molecule has 0 radical (unpaired) electrons. The smallest absolute Gasteiger partial charge is 0.534 e. The average Bonchev–Trinajstić information content (AvgIpc) is 2.39. The van der Waals surface area contributed by atoms with Crippen LogP contribution in [0.1, 0.15) is 35.7 Å². The zero-order valence-electron chi connectivity index (χ0n) is 11.4. The molecule has 112 valence electrons. The minimum absolute atomic E-state index is 0.0976. The van der Waals surface area contributed by atoms with Crippen LogP contribution in [0, 0.1) is 0 Å². The van der Waals surface area contributed by atoms with Crippen molar-refractivity contribution in [1.29, 1.82) is 0 Å². The van der Waals surface area contributed by atoms with Gasteiger partial charge in [0.15, 0.2) is 0 Å². The number of fused-ring (bicyclic) bond motifs is 1. The summed E-state index contributed by atoms with van der Waals surface area (Å²) in [6.07, 6.45) is 1.31. The lowest BCUT2D eigenvalue weighted by Crippen LogP contribution is -2.53. The third-order valence-corrected chi connectivity index (χ3v) is 3.43. The predicted molar refractivity (Wildman–Crippen MR) is 77.6 cm³/mol. The molecule has 0 saturated carbocycles. The molecule has 0 spiro atoms. The van der Waals surface area contributed by atoms with Crippen LogP contribution < -0.4 is 9.97 Å². The molecular formula is C13H15BClNO5. The molecule has 21 heavy (non-hydrogen) atoms. The van der Waals surface area contributed by atoms with Crippen LogP contribution in [-0.2, 0) is 11.2 Å². The van der Waals surface area contributed by atoms with Crippen molar-refractivity contribution in [2.75, 3.05) is 0 Å². The molecule has 8 heteroatoms. The monoisotopic (exact) mass is 311 g/mol. The van der Waals surface area contributed by atoms with Crippen LogP contribution in [0.2, 0.25) is 5.02 Å². The fourth-order valence-corrected chi connectivity index (χ4v) is 2.51. The molecule has 1 atom stereocenters. The molecule has 0 aromatic heterocycles. The molecule has 1 aliphatic rings. The Bertz CT molecular complexity index is 580. The van der Waals surface area contributed by atoms with Crippen molar-refractivity contribution in [3.8, 4) is 5.75 Å². The summed E-state index contributed by atoms with van der Waals surface area (Å²) >= 11 is 5.90. The van der Waals surface area contributed by atoms with E-state index in [0.717, 1.165) is 0 Å². The highest BCUT2D eigenvalue weighted by Crippen LogP contribution is 2.33. The molecule has 1 aliphatic heterocycles. The zero-order chi connectivity index (χ0) is 15.6.